The van der Waals surface area contributed by atoms with Gasteiger partial charge in [-0.25, -0.2) is 4.79 Å². The highest BCUT2D eigenvalue weighted by molar-refractivity contribution is 7.99. The van der Waals surface area contributed by atoms with Crippen molar-refractivity contribution in [1.29, 1.82) is 0 Å². The van der Waals surface area contributed by atoms with Crippen molar-refractivity contribution in [2.24, 2.45) is 0 Å². The van der Waals surface area contributed by atoms with Gasteiger partial charge in [0.05, 0.1) is 5.69 Å². The topological polar surface area (TPSA) is 69.7 Å². The molecule has 2 aromatic rings. The van der Waals surface area contributed by atoms with Crippen LogP contribution in [0.3, 0.4) is 0 Å². The zero-order valence-electron chi connectivity index (χ0n) is 15.6. The molecule has 7 heteroatoms. The summed E-state index contributed by atoms with van der Waals surface area (Å²) in [6, 6.07) is 16.4. The van der Waals surface area contributed by atoms with Crippen LogP contribution >= 0.6 is 11.8 Å². The van der Waals surface area contributed by atoms with Gasteiger partial charge in [0.1, 0.15) is 12.1 Å². The Morgan fingerprint density at radius 3 is 2.57 bits per heavy atom. The molecule has 4 amide bonds. The summed E-state index contributed by atoms with van der Waals surface area (Å²) in [7, 11) is 0. The molecule has 0 saturated carbocycles. The normalized spacial score (nSPS) is 21.5. The quantitative estimate of drug-likeness (QED) is 0.808. The van der Waals surface area contributed by atoms with Crippen LogP contribution < -0.4 is 10.2 Å². The molecule has 1 fully saturated rings. The Morgan fingerprint density at radius 1 is 1.11 bits per heavy atom. The van der Waals surface area contributed by atoms with Crippen molar-refractivity contribution in [3.8, 4) is 0 Å². The van der Waals surface area contributed by atoms with E-state index in [0.717, 1.165) is 26.8 Å². The first-order valence-electron chi connectivity index (χ1n) is 9.28. The summed E-state index contributed by atoms with van der Waals surface area (Å²) in [5.41, 5.74) is 0.444. The van der Waals surface area contributed by atoms with Crippen molar-refractivity contribution in [2.75, 3.05) is 23.7 Å². The maximum atomic E-state index is 13.2. The lowest BCUT2D eigenvalue weighted by molar-refractivity contribution is -0.134. The fraction of sp³-hybridized carbons (Fsp3) is 0.286. The van der Waals surface area contributed by atoms with E-state index in [-0.39, 0.29) is 18.4 Å². The predicted molar refractivity (Wildman–Crippen MR) is 108 cm³/mol. The molecule has 0 aromatic heterocycles. The lowest BCUT2D eigenvalue weighted by atomic mass is 9.87. The van der Waals surface area contributed by atoms with Gasteiger partial charge in [-0.3, -0.25) is 14.5 Å². The van der Waals surface area contributed by atoms with Crippen molar-refractivity contribution >= 4 is 35.3 Å². The van der Waals surface area contributed by atoms with Crippen molar-refractivity contribution in [2.45, 2.75) is 23.8 Å². The number of imide groups is 1. The van der Waals surface area contributed by atoms with Crippen LogP contribution in [0.4, 0.5) is 10.5 Å². The average molecular weight is 395 g/mol. The molecule has 4 rings (SSSR count). The number of thioether (sulfide) groups is 1. The Labute approximate surface area is 167 Å². The number of nitrogens with zero attached hydrogens (tertiary/aromatic N) is 2. The Kier molecular flexibility index (Phi) is 4.85. The van der Waals surface area contributed by atoms with Crippen LogP contribution in [0.15, 0.2) is 59.5 Å². The standard InChI is InChI=1S/C21H21N3O3S/c1-2-21(15-8-4-3-5-9-15)19(26)24(20(27)22-21)14-18(25)23-12-13-28-17-11-7-6-10-16(17)23/h3-11H,2,12-14H2,1H3,(H,22,27)/t21-/m0/s1. The fourth-order valence-electron chi connectivity index (χ4n) is 3.78. The molecule has 0 bridgehead atoms. The van der Waals surface area contributed by atoms with Gasteiger partial charge < -0.3 is 10.2 Å². The molecule has 144 valence electrons. The van der Waals surface area contributed by atoms with Crippen LogP contribution in [0.25, 0.3) is 0 Å². The largest absolute Gasteiger partial charge is 0.325 e. The molecule has 2 aliphatic heterocycles. The zero-order valence-corrected chi connectivity index (χ0v) is 16.4. The first-order valence-corrected chi connectivity index (χ1v) is 10.3. The molecule has 2 heterocycles. The monoisotopic (exact) mass is 395 g/mol. The van der Waals surface area contributed by atoms with E-state index in [9.17, 15) is 14.4 Å². The lowest BCUT2D eigenvalue weighted by Crippen LogP contribution is -2.46. The van der Waals surface area contributed by atoms with Gasteiger partial charge in [-0.05, 0) is 24.1 Å². The number of nitrogens with one attached hydrogen (secondary N) is 1. The van der Waals surface area contributed by atoms with Crippen molar-refractivity contribution in [3.05, 3.63) is 60.2 Å². The number of hydrogen-bond donors (Lipinski definition) is 1. The highest BCUT2D eigenvalue weighted by atomic mass is 32.2. The molecule has 0 unspecified atom stereocenters. The van der Waals surface area contributed by atoms with E-state index in [1.807, 2.05) is 61.5 Å². The van der Waals surface area contributed by atoms with E-state index < -0.39 is 11.6 Å². The number of urea groups is 1. The van der Waals surface area contributed by atoms with Crippen molar-refractivity contribution < 1.29 is 14.4 Å². The molecule has 0 spiro atoms. The van der Waals surface area contributed by atoms with Crippen LogP contribution in [0.2, 0.25) is 0 Å². The zero-order chi connectivity index (χ0) is 19.7. The van der Waals surface area contributed by atoms with Crippen LogP contribution in [-0.4, -0.2) is 41.6 Å². The summed E-state index contributed by atoms with van der Waals surface area (Å²) in [4.78, 5) is 42.5. The second kappa shape index (κ2) is 7.31. The Bertz CT molecular complexity index is 934. The van der Waals surface area contributed by atoms with E-state index in [4.69, 9.17) is 0 Å². The molecule has 1 saturated heterocycles. The summed E-state index contributed by atoms with van der Waals surface area (Å²) >= 11 is 1.70. The summed E-state index contributed by atoms with van der Waals surface area (Å²) < 4.78 is 0. The minimum atomic E-state index is -1.12. The third-order valence-electron chi connectivity index (χ3n) is 5.30. The van der Waals surface area contributed by atoms with Gasteiger partial charge in [-0.15, -0.1) is 11.8 Å². The fourth-order valence-corrected chi connectivity index (χ4v) is 4.78. The third kappa shape index (κ3) is 2.96. The van der Waals surface area contributed by atoms with Crippen LogP contribution in [0.1, 0.15) is 18.9 Å². The first-order chi connectivity index (χ1) is 13.6. The molecule has 0 aliphatic carbocycles. The van der Waals surface area contributed by atoms with Crippen molar-refractivity contribution in [1.82, 2.24) is 10.2 Å². The molecular formula is C21H21N3O3S. The van der Waals surface area contributed by atoms with E-state index in [1.54, 1.807) is 16.7 Å². The van der Waals surface area contributed by atoms with Crippen LogP contribution in [-0.2, 0) is 15.1 Å². The van der Waals surface area contributed by atoms with Crippen LogP contribution in [0, 0.1) is 0 Å². The molecular weight excluding hydrogens is 374 g/mol. The number of hydrogen-bond acceptors (Lipinski definition) is 4. The van der Waals surface area contributed by atoms with Gasteiger partial charge in [0.25, 0.3) is 5.91 Å². The second-order valence-corrected chi connectivity index (χ2v) is 7.94. The molecule has 1 atom stereocenters. The smallest absolute Gasteiger partial charge is 0.319 e. The molecule has 1 N–H and O–H groups in total. The molecule has 2 aromatic carbocycles. The van der Waals surface area contributed by atoms with Gasteiger partial charge in [0, 0.05) is 17.2 Å². The molecule has 28 heavy (non-hydrogen) atoms. The lowest BCUT2D eigenvalue weighted by Gasteiger charge is -2.30. The summed E-state index contributed by atoms with van der Waals surface area (Å²) in [5.74, 6) is 0.154. The van der Waals surface area contributed by atoms with E-state index in [2.05, 4.69) is 5.32 Å². The maximum Gasteiger partial charge on any atom is 0.325 e. The van der Waals surface area contributed by atoms with E-state index in [1.165, 1.54) is 0 Å². The Morgan fingerprint density at radius 2 is 1.82 bits per heavy atom. The molecule has 6 nitrogen and oxygen atoms in total. The molecule has 0 radical (unpaired) electrons. The number of fused-ring (bicyclic) bond motifs is 1. The SMILES string of the molecule is CC[C@@]1(c2ccccc2)NC(=O)N(CC(=O)N2CCSc3ccccc32)C1=O. The first kappa shape index (κ1) is 18.6. The van der Waals surface area contributed by atoms with E-state index >= 15 is 0 Å². The highest BCUT2D eigenvalue weighted by Crippen LogP contribution is 2.35. The minimum absolute atomic E-state index is 0.254. The van der Waals surface area contributed by atoms with Crippen molar-refractivity contribution in [3.63, 3.8) is 0 Å². The Hall–Kier alpha value is -2.80. The highest BCUT2D eigenvalue weighted by Gasteiger charge is 2.51. The second-order valence-electron chi connectivity index (χ2n) is 6.81. The number of rotatable bonds is 4. The van der Waals surface area contributed by atoms with Gasteiger partial charge in [-0.1, -0.05) is 49.4 Å². The maximum absolute atomic E-state index is 13.2. The number of benzene rings is 2. The van der Waals surface area contributed by atoms with Gasteiger partial charge in [0.2, 0.25) is 5.91 Å². The van der Waals surface area contributed by atoms with Crippen LogP contribution in [0.5, 0.6) is 0 Å². The number of carbonyl (C=O) groups is 3. The number of amides is 4. The summed E-state index contributed by atoms with van der Waals surface area (Å²) in [6.45, 7) is 2.15. The van der Waals surface area contributed by atoms with Gasteiger partial charge >= 0.3 is 6.03 Å². The van der Waals surface area contributed by atoms with Gasteiger partial charge in [0.15, 0.2) is 0 Å². The number of anilines is 1. The van der Waals surface area contributed by atoms with Gasteiger partial charge in [-0.2, -0.15) is 0 Å². The average Bonchev–Trinajstić information content (AvgIpc) is 2.99. The Balaban J connectivity index is 1.58. The number of para-hydroxylation sites is 1. The minimum Gasteiger partial charge on any atom is -0.319 e. The number of carbonyl (C=O) groups excluding carboxylic acids is 3. The molecule has 2 aliphatic rings. The predicted octanol–water partition coefficient (Wildman–Crippen LogP) is 2.98. The third-order valence-corrected chi connectivity index (χ3v) is 6.34. The summed E-state index contributed by atoms with van der Waals surface area (Å²) in [6.07, 6.45) is 0.412. The summed E-state index contributed by atoms with van der Waals surface area (Å²) in [5, 5.41) is 2.82. The van der Waals surface area contributed by atoms with E-state index in [0.29, 0.717) is 13.0 Å².